The van der Waals surface area contributed by atoms with E-state index in [-0.39, 0.29) is 36.0 Å². The van der Waals surface area contributed by atoms with Crippen molar-refractivity contribution in [2.24, 2.45) is 23.7 Å². The Hall–Kier alpha value is -2.66. The van der Waals surface area contributed by atoms with E-state index < -0.39 is 0 Å². The maximum absolute atomic E-state index is 12.9. The van der Waals surface area contributed by atoms with Gasteiger partial charge in [-0.05, 0) is 79.6 Å². The van der Waals surface area contributed by atoms with Crippen molar-refractivity contribution in [1.82, 2.24) is 0 Å². The van der Waals surface area contributed by atoms with E-state index in [2.05, 4.69) is 0 Å². The van der Waals surface area contributed by atoms with Gasteiger partial charge in [0.05, 0.1) is 17.5 Å². The summed E-state index contributed by atoms with van der Waals surface area (Å²) in [6, 6.07) is 13.4. The first-order chi connectivity index (χ1) is 14.0. The van der Waals surface area contributed by atoms with Crippen molar-refractivity contribution in [3.63, 3.8) is 0 Å². The summed E-state index contributed by atoms with van der Waals surface area (Å²) in [7, 11) is 0. The fraction of sp³-hybridized carbons (Fsp3) is 0.348. The quantitative estimate of drug-likeness (QED) is 0.550. The van der Waals surface area contributed by atoms with E-state index >= 15 is 0 Å². The molecule has 3 aliphatic rings. The third-order valence-electron chi connectivity index (χ3n) is 6.56. The monoisotopic (exact) mass is 409 g/mol. The fourth-order valence-corrected chi connectivity index (χ4v) is 5.35. The van der Waals surface area contributed by atoms with Crippen LogP contribution in [0.2, 0.25) is 5.02 Å². The summed E-state index contributed by atoms with van der Waals surface area (Å²) in [4.78, 5) is 39.3. The summed E-state index contributed by atoms with van der Waals surface area (Å²) < 4.78 is 5.57. The second kappa shape index (κ2) is 6.99. The molecule has 2 aliphatic carbocycles. The van der Waals surface area contributed by atoms with Gasteiger partial charge in [0.1, 0.15) is 5.75 Å². The molecule has 1 heterocycles. The van der Waals surface area contributed by atoms with Gasteiger partial charge in [-0.15, -0.1) is 0 Å². The SMILES string of the molecule is O=C(COc1ccc(N2C(=O)[C@@H]3[C@H]4CC[C@@H](C4)[C@H]3C2=O)cc1)c1ccc(Cl)cc1. The molecule has 0 aromatic heterocycles. The van der Waals surface area contributed by atoms with Crippen molar-refractivity contribution >= 4 is 34.9 Å². The van der Waals surface area contributed by atoms with Gasteiger partial charge >= 0.3 is 0 Å². The summed E-state index contributed by atoms with van der Waals surface area (Å²) >= 11 is 5.83. The average molecular weight is 410 g/mol. The molecule has 0 spiro atoms. The number of carbonyl (C=O) groups is 3. The number of fused-ring (bicyclic) bond motifs is 5. The van der Waals surface area contributed by atoms with Gasteiger partial charge in [-0.25, -0.2) is 0 Å². The van der Waals surface area contributed by atoms with Crippen LogP contribution >= 0.6 is 11.6 Å². The maximum atomic E-state index is 12.9. The van der Waals surface area contributed by atoms with Crippen LogP contribution in [0.15, 0.2) is 48.5 Å². The normalized spacial score (nSPS) is 27.4. The lowest BCUT2D eigenvalue weighted by Gasteiger charge is -2.19. The highest BCUT2D eigenvalue weighted by atomic mass is 35.5. The number of rotatable bonds is 5. The summed E-state index contributed by atoms with van der Waals surface area (Å²) in [6.45, 7) is -0.101. The van der Waals surface area contributed by atoms with E-state index in [1.807, 2.05) is 0 Å². The van der Waals surface area contributed by atoms with E-state index in [0.29, 0.717) is 33.9 Å². The Balaban J connectivity index is 1.26. The van der Waals surface area contributed by atoms with Crippen molar-refractivity contribution in [2.45, 2.75) is 19.3 Å². The van der Waals surface area contributed by atoms with Gasteiger partial charge in [0.2, 0.25) is 11.8 Å². The van der Waals surface area contributed by atoms with Crippen LogP contribution in [0, 0.1) is 23.7 Å². The molecule has 1 aliphatic heterocycles. The van der Waals surface area contributed by atoms with Crippen LogP contribution in [0.3, 0.4) is 0 Å². The van der Waals surface area contributed by atoms with Crippen LogP contribution in [0.1, 0.15) is 29.6 Å². The molecule has 2 bridgehead atoms. The molecular formula is C23H20ClNO4. The molecule has 3 fully saturated rings. The maximum Gasteiger partial charge on any atom is 0.237 e. The second-order valence-corrected chi connectivity index (χ2v) is 8.55. The number of hydrogen-bond acceptors (Lipinski definition) is 4. The number of carbonyl (C=O) groups excluding carboxylic acids is 3. The summed E-state index contributed by atoms with van der Waals surface area (Å²) in [5.41, 5.74) is 1.10. The zero-order valence-corrected chi connectivity index (χ0v) is 16.5. The number of halogens is 1. The summed E-state index contributed by atoms with van der Waals surface area (Å²) in [5.74, 6) is 0.719. The molecule has 4 atom stereocenters. The first kappa shape index (κ1) is 18.4. The minimum Gasteiger partial charge on any atom is -0.485 e. The highest BCUT2D eigenvalue weighted by molar-refractivity contribution is 6.30. The number of ether oxygens (including phenoxy) is 1. The average Bonchev–Trinajstić information content (AvgIpc) is 3.41. The molecule has 29 heavy (non-hydrogen) atoms. The van der Waals surface area contributed by atoms with Gasteiger partial charge in [-0.3, -0.25) is 19.3 Å². The third-order valence-corrected chi connectivity index (χ3v) is 6.81. The zero-order chi connectivity index (χ0) is 20.1. The molecule has 0 unspecified atom stereocenters. The zero-order valence-electron chi connectivity index (χ0n) is 15.7. The van der Waals surface area contributed by atoms with Crippen molar-refractivity contribution < 1.29 is 19.1 Å². The van der Waals surface area contributed by atoms with Gasteiger partial charge in [0, 0.05) is 10.6 Å². The topological polar surface area (TPSA) is 63.7 Å². The van der Waals surface area contributed by atoms with Gasteiger partial charge in [-0.2, -0.15) is 0 Å². The molecular weight excluding hydrogens is 390 g/mol. The highest BCUT2D eigenvalue weighted by Gasteiger charge is 2.61. The Morgan fingerprint density at radius 2 is 1.52 bits per heavy atom. The highest BCUT2D eigenvalue weighted by Crippen LogP contribution is 2.56. The van der Waals surface area contributed by atoms with E-state index in [1.54, 1.807) is 48.5 Å². The lowest BCUT2D eigenvalue weighted by atomic mass is 9.81. The van der Waals surface area contributed by atoms with Crippen LogP contribution in [0.5, 0.6) is 5.75 Å². The molecule has 1 saturated heterocycles. The Morgan fingerprint density at radius 3 is 2.10 bits per heavy atom. The number of hydrogen-bond donors (Lipinski definition) is 0. The molecule has 0 radical (unpaired) electrons. The van der Waals surface area contributed by atoms with E-state index in [9.17, 15) is 14.4 Å². The van der Waals surface area contributed by atoms with Gasteiger partial charge in [0.25, 0.3) is 0 Å². The molecule has 2 saturated carbocycles. The molecule has 2 aromatic rings. The number of anilines is 1. The van der Waals surface area contributed by atoms with E-state index in [1.165, 1.54) is 4.90 Å². The summed E-state index contributed by atoms with van der Waals surface area (Å²) in [5, 5.41) is 0.571. The minimum absolute atomic E-state index is 0.0567. The Morgan fingerprint density at radius 1 is 0.931 bits per heavy atom. The van der Waals surface area contributed by atoms with Crippen molar-refractivity contribution in [3.8, 4) is 5.75 Å². The minimum atomic E-state index is -0.154. The smallest absolute Gasteiger partial charge is 0.237 e. The Bertz CT molecular complexity index is 957. The molecule has 148 valence electrons. The number of ketones is 1. The molecule has 5 nitrogen and oxygen atoms in total. The molecule has 0 N–H and O–H groups in total. The van der Waals surface area contributed by atoms with Crippen LogP contribution in [0.25, 0.3) is 0 Å². The predicted molar refractivity (Wildman–Crippen MR) is 108 cm³/mol. The fourth-order valence-electron chi connectivity index (χ4n) is 5.22. The molecule has 5 rings (SSSR count). The van der Waals surface area contributed by atoms with Crippen LogP contribution in [-0.4, -0.2) is 24.2 Å². The van der Waals surface area contributed by atoms with Gasteiger partial charge in [0.15, 0.2) is 12.4 Å². The number of Topliss-reactive ketones (excluding diaryl/α,β-unsaturated/α-hetero) is 1. The van der Waals surface area contributed by atoms with Gasteiger partial charge < -0.3 is 4.74 Å². The number of imide groups is 1. The Kier molecular flexibility index (Phi) is 4.43. The van der Waals surface area contributed by atoms with E-state index in [4.69, 9.17) is 16.3 Å². The summed E-state index contributed by atoms with van der Waals surface area (Å²) in [6.07, 6.45) is 3.15. The predicted octanol–water partition coefficient (Wildman–Crippen LogP) is 4.14. The number of amides is 2. The largest absolute Gasteiger partial charge is 0.485 e. The lowest BCUT2D eigenvalue weighted by Crippen LogP contribution is -2.32. The van der Waals surface area contributed by atoms with Crippen molar-refractivity contribution in [3.05, 3.63) is 59.1 Å². The van der Waals surface area contributed by atoms with Crippen LogP contribution in [-0.2, 0) is 9.59 Å². The first-order valence-corrected chi connectivity index (χ1v) is 10.3. The first-order valence-electron chi connectivity index (χ1n) is 9.92. The Labute approximate surface area is 173 Å². The number of benzene rings is 2. The number of nitrogens with zero attached hydrogens (tertiary/aromatic N) is 1. The molecule has 2 amide bonds. The van der Waals surface area contributed by atoms with E-state index in [0.717, 1.165) is 19.3 Å². The van der Waals surface area contributed by atoms with Crippen LogP contribution in [0.4, 0.5) is 5.69 Å². The van der Waals surface area contributed by atoms with Gasteiger partial charge in [-0.1, -0.05) is 11.6 Å². The van der Waals surface area contributed by atoms with Crippen LogP contribution < -0.4 is 9.64 Å². The van der Waals surface area contributed by atoms with Crippen molar-refractivity contribution in [2.75, 3.05) is 11.5 Å². The third kappa shape index (κ3) is 3.04. The standard InChI is InChI=1S/C23H20ClNO4/c24-16-5-3-13(4-6-16)19(26)12-29-18-9-7-17(8-10-18)25-22(27)20-14-1-2-15(11-14)21(20)23(25)28/h3-10,14-15,20-21H,1-2,11-12H2/t14-,15-,20+,21+/m0/s1. The molecule has 2 aromatic carbocycles. The second-order valence-electron chi connectivity index (χ2n) is 8.11. The molecule has 6 heteroatoms. The lowest BCUT2D eigenvalue weighted by molar-refractivity contribution is -0.123. The van der Waals surface area contributed by atoms with Crippen molar-refractivity contribution in [1.29, 1.82) is 0 Å².